The Morgan fingerprint density at radius 2 is 2.06 bits per heavy atom. The molecule has 1 aromatic carbocycles. The zero-order valence-electron chi connectivity index (χ0n) is 17.6. The number of likely N-dealkylation sites (tertiary alicyclic amines) is 1. The van der Waals surface area contributed by atoms with E-state index in [1.165, 1.54) is 0 Å². The molecule has 2 N–H and O–H groups in total. The predicted molar refractivity (Wildman–Crippen MR) is 112 cm³/mol. The molecule has 0 aliphatic carbocycles. The zero-order chi connectivity index (χ0) is 21.8. The van der Waals surface area contributed by atoms with Crippen LogP contribution in [0.2, 0.25) is 0 Å². The Kier molecular flexibility index (Phi) is 5.97. The van der Waals surface area contributed by atoms with Crippen LogP contribution in [0.15, 0.2) is 47.1 Å². The minimum atomic E-state index is -0.928. The Labute approximate surface area is 180 Å². The standard InChI is InChI=1S/C23H27N3O5/c1-16(8-9-17-5-4-14-30-17)24-20(27)15-26-13-12-23(11-10-21(26)28)25-22(29)18-6-2-3-7-19(18)31-23/h2-7,14,16H,8-13,15H2,1H3,(H,24,27)(H,25,29)/t16-,23-/m0/s1. The summed E-state index contributed by atoms with van der Waals surface area (Å²) < 4.78 is 11.4. The number of nitrogens with one attached hydrogen (secondary N) is 2. The van der Waals surface area contributed by atoms with Crippen LogP contribution in [0.1, 0.15) is 48.7 Å². The first-order chi connectivity index (χ1) is 14.9. The number of carbonyl (C=O) groups is 3. The molecule has 0 bridgehead atoms. The molecule has 0 saturated carbocycles. The second-order valence-corrected chi connectivity index (χ2v) is 8.20. The van der Waals surface area contributed by atoms with Crippen LogP contribution in [0.25, 0.3) is 0 Å². The van der Waals surface area contributed by atoms with Gasteiger partial charge in [-0.3, -0.25) is 14.4 Å². The summed E-state index contributed by atoms with van der Waals surface area (Å²) in [5, 5.41) is 5.88. The summed E-state index contributed by atoms with van der Waals surface area (Å²) in [6.07, 6.45) is 4.09. The van der Waals surface area contributed by atoms with Crippen LogP contribution < -0.4 is 15.4 Å². The van der Waals surface area contributed by atoms with Gasteiger partial charge in [0.2, 0.25) is 11.8 Å². The van der Waals surface area contributed by atoms with Crippen molar-refractivity contribution in [2.45, 2.75) is 50.8 Å². The number of ether oxygens (including phenoxy) is 1. The molecule has 0 radical (unpaired) electrons. The number of rotatable bonds is 6. The molecule has 2 atom stereocenters. The molecule has 1 saturated heterocycles. The lowest BCUT2D eigenvalue weighted by Crippen LogP contribution is -2.56. The molecule has 164 valence electrons. The number of amides is 3. The number of nitrogens with zero attached hydrogens (tertiary/aromatic N) is 1. The van der Waals surface area contributed by atoms with Gasteiger partial charge in [-0.05, 0) is 37.6 Å². The third kappa shape index (κ3) is 4.90. The number of hydrogen-bond acceptors (Lipinski definition) is 5. The number of benzene rings is 1. The fraction of sp³-hybridized carbons (Fsp3) is 0.435. The van der Waals surface area contributed by atoms with E-state index in [1.807, 2.05) is 25.1 Å². The number of hydrogen-bond donors (Lipinski definition) is 2. The zero-order valence-corrected chi connectivity index (χ0v) is 17.6. The summed E-state index contributed by atoms with van der Waals surface area (Å²) in [5.74, 6) is 0.883. The first-order valence-corrected chi connectivity index (χ1v) is 10.6. The smallest absolute Gasteiger partial charge is 0.258 e. The van der Waals surface area contributed by atoms with Crippen molar-refractivity contribution in [2.75, 3.05) is 13.1 Å². The van der Waals surface area contributed by atoms with E-state index >= 15 is 0 Å². The maximum atomic E-state index is 12.6. The van der Waals surface area contributed by atoms with Crippen LogP contribution in [0.3, 0.4) is 0 Å². The van der Waals surface area contributed by atoms with Gasteiger partial charge in [0.15, 0.2) is 5.72 Å². The van der Waals surface area contributed by atoms with Crippen LogP contribution >= 0.6 is 0 Å². The molecular weight excluding hydrogens is 398 g/mol. The van der Waals surface area contributed by atoms with E-state index in [0.717, 1.165) is 18.6 Å². The van der Waals surface area contributed by atoms with Crippen LogP contribution in [0.4, 0.5) is 0 Å². The lowest BCUT2D eigenvalue weighted by molar-refractivity contribution is -0.135. The van der Waals surface area contributed by atoms with E-state index < -0.39 is 5.72 Å². The average molecular weight is 425 g/mol. The molecule has 1 aromatic heterocycles. The fourth-order valence-electron chi connectivity index (χ4n) is 4.06. The van der Waals surface area contributed by atoms with Crippen molar-refractivity contribution in [3.8, 4) is 5.75 Å². The number of carbonyl (C=O) groups excluding carboxylic acids is 3. The fourth-order valence-corrected chi connectivity index (χ4v) is 4.06. The van der Waals surface area contributed by atoms with Gasteiger partial charge in [0.05, 0.1) is 18.4 Å². The summed E-state index contributed by atoms with van der Waals surface area (Å²) >= 11 is 0. The van der Waals surface area contributed by atoms with E-state index in [2.05, 4.69) is 10.6 Å². The van der Waals surface area contributed by atoms with Crippen LogP contribution in [0, 0.1) is 0 Å². The van der Waals surface area contributed by atoms with Crippen LogP contribution in [-0.2, 0) is 16.0 Å². The first-order valence-electron chi connectivity index (χ1n) is 10.6. The molecule has 3 amide bonds. The van der Waals surface area contributed by atoms with Gasteiger partial charge in [0.25, 0.3) is 5.91 Å². The second-order valence-electron chi connectivity index (χ2n) is 8.20. The van der Waals surface area contributed by atoms with Gasteiger partial charge < -0.3 is 24.7 Å². The van der Waals surface area contributed by atoms with Crippen molar-refractivity contribution in [2.24, 2.45) is 0 Å². The average Bonchev–Trinajstić information content (AvgIpc) is 3.23. The summed E-state index contributed by atoms with van der Waals surface area (Å²) in [4.78, 5) is 39.2. The molecule has 2 aliphatic rings. The number of fused-ring (bicyclic) bond motifs is 1. The Morgan fingerprint density at radius 3 is 2.87 bits per heavy atom. The van der Waals surface area contributed by atoms with E-state index in [4.69, 9.17) is 9.15 Å². The minimum absolute atomic E-state index is 0.00939. The van der Waals surface area contributed by atoms with Crippen LogP contribution in [-0.4, -0.2) is 47.5 Å². The Balaban J connectivity index is 1.32. The van der Waals surface area contributed by atoms with E-state index in [0.29, 0.717) is 30.7 Å². The minimum Gasteiger partial charge on any atom is -0.469 e. The highest BCUT2D eigenvalue weighted by molar-refractivity contribution is 5.98. The molecule has 1 spiro atoms. The first kappa shape index (κ1) is 21.0. The molecule has 31 heavy (non-hydrogen) atoms. The van der Waals surface area contributed by atoms with Gasteiger partial charge in [-0.15, -0.1) is 0 Å². The van der Waals surface area contributed by atoms with Gasteiger partial charge in [-0.2, -0.15) is 0 Å². The van der Waals surface area contributed by atoms with Gasteiger partial charge in [0.1, 0.15) is 11.5 Å². The van der Waals surface area contributed by atoms with Gasteiger partial charge >= 0.3 is 0 Å². The molecule has 3 heterocycles. The molecule has 1 fully saturated rings. The lowest BCUT2D eigenvalue weighted by Gasteiger charge is -2.38. The SMILES string of the molecule is C[C@@H](CCc1ccco1)NC(=O)CN1CC[C@@]2(CCC1=O)NC(=O)c1ccccc1O2. The Bertz CT molecular complexity index is 958. The van der Waals surface area contributed by atoms with Gasteiger partial charge in [0, 0.05) is 38.3 Å². The molecule has 2 aliphatic heterocycles. The molecule has 0 unspecified atom stereocenters. The molecule has 2 aromatic rings. The highest BCUT2D eigenvalue weighted by atomic mass is 16.5. The number of furan rings is 1. The monoisotopic (exact) mass is 425 g/mol. The number of aryl methyl sites for hydroxylation is 1. The van der Waals surface area contributed by atoms with Crippen molar-refractivity contribution in [3.63, 3.8) is 0 Å². The second kappa shape index (κ2) is 8.83. The third-order valence-electron chi connectivity index (χ3n) is 5.81. The van der Waals surface area contributed by atoms with Crippen molar-refractivity contribution in [1.29, 1.82) is 0 Å². The van der Waals surface area contributed by atoms with Crippen molar-refractivity contribution in [1.82, 2.24) is 15.5 Å². The topological polar surface area (TPSA) is 101 Å². The molecular formula is C23H27N3O5. The maximum absolute atomic E-state index is 12.6. The molecule has 4 rings (SSSR count). The summed E-state index contributed by atoms with van der Waals surface area (Å²) in [7, 11) is 0. The lowest BCUT2D eigenvalue weighted by atomic mass is 10.0. The molecule has 8 heteroatoms. The highest BCUT2D eigenvalue weighted by Crippen LogP contribution is 2.33. The predicted octanol–water partition coefficient (Wildman–Crippen LogP) is 2.25. The summed E-state index contributed by atoms with van der Waals surface area (Å²) in [6.45, 7) is 2.25. The Hall–Kier alpha value is -3.29. The van der Waals surface area contributed by atoms with E-state index in [-0.39, 0.29) is 36.7 Å². The summed E-state index contributed by atoms with van der Waals surface area (Å²) in [6, 6.07) is 10.8. The summed E-state index contributed by atoms with van der Waals surface area (Å²) in [5.41, 5.74) is -0.439. The quantitative estimate of drug-likeness (QED) is 0.739. The van der Waals surface area contributed by atoms with Crippen LogP contribution in [0.5, 0.6) is 5.75 Å². The maximum Gasteiger partial charge on any atom is 0.258 e. The van der Waals surface area contributed by atoms with Crippen molar-refractivity contribution >= 4 is 17.7 Å². The normalized spacial score (nSPS) is 21.6. The number of para-hydroxylation sites is 1. The van der Waals surface area contributed by atoms with E-state index in [1.54, 1.807) is 29.4 Å². The Morgan fingerprint density at radius 1 is 1.23 bits per heavy atom. The van der Waals surface area contributed by atoms with Crippen molar-refractivity contribution in [3.05, 3.63) is 54.0 Å². The highest BCUT2D eigenvalue weighted by Gasteiger charge is 2.42. The van der Waals surface area contributed by atoms with Gasteiger partial charge in [-0.1, -0.05) is 12.1 Å². The van der Waals surface area contributed by atoms with Gasteiger partial charge in [-0.25, -0.2) is 0 Å². The largest absolute Gasteiger partial charge is 0.469 e. The third-order valence-corrected chi connectivity index (χ3v) is 5.81. The van der Waals surface area contributed by atoms with Crippen molar-refractivity contribution < 1.29 is 23.5 Å². The molecule has 8 nitrogen and oxygen atoms in total. The van der Waals surface area contributed by atoms with E-state index in [9.17, 15) is 14.4 Å².